The fraction of sp³-hybridized carbons (Fsp3) is 0.360. The van der Waals surface area contributed by atoms with Crippen molar-refractivity contribution in [2.45, 2.75) is 25.3 Å². The maximum Gasteiger partial charge on any atom is 0.326 e. The molecule has 6 nitrogen and oxygen atoms in total. The minimum Gasteiger partial charge on any atom is -0.368 e. The summed E-state index contributed by atoms with van der Waals surface area (Å²) in [5.41, 5.74) is 4.93. The Balaban J connectivity index is 0.00000241. The third kappa shape index (κ3) is 4.17. The molecule has 0 saturated carbocycles. The highest BCUT2D eigenvalue weighted by atomic mass is 35.5. The van der Waals surface area contributed by atoms with Gasteiger partial charge in [0.1, 0.15) is 0 Å². The number of halogens is 3. The standard InChI is InChI=1S/C25H25Cl2N5O.ClH/c26-20-4-3-17(13-21(20)27)29-25(33)32-9-6-16-12-22-19(14-24(16)32)23(5-7-28-22)31-11-10-30-8-1-2-18(30)15-31;/h3-5,7,12-14,18H,1-2,6,8-11,15H2,(H,29,33);1H/t18-;/m0./s1. The molecule has 0 bridgehead atoms. The van der Waals surface area contributed by atoms with Crippen LogP contribution in [0.2, 0.25) is 10.0 Å². The molecule has 1 atom stereocenters. The smallest absolute Gasteiger partial charge is 0.326 e. The van der Waals surface area contributed by atoms with Crippen LogP contribution in [0.4, 0.5) is 21.9 Å². The Morgan fingerprint density at radius 3 is 2.74 bits per heavy atom. The first-order valence-electron chi connectivity index (χ1n) is 11.5. The van der Waals surface area contributed by atoms with Crippen LogP contribution in [-0.2, 0) is 6.42 Å². The van der Waals surface area contributed by atoms with E-state index in [9.17, 15) is 4.79 Å². The number of rotatable bonds is 2. The highest BCUT2D eigenvalue weighted by Crippen LogP contribution is 2.37. The molecule has 3 aliphatic heterocycles. The molecule has 2 amide bonds. The highest BCUT2D eigenvalue weighted by Gasteiger charge is 2.32. The SMILES string of the molecule is Cl.O=C(Nc1ccc(Cl)c(Cl)c1)N1CCc2cc3nccc(N4CCN5CCC[C@H]5C4)c3cc21. The van der Waals surface area contributed by atoms with Crippen molar-refractivity contribution in [2.24, 2.45) is 0 Å². The number of aromatic nitrogens is 1. The first-order chi connectivity index (χ1) is 16.1. The van der Waals surface area contributed by atoms with Crippen molar-refractivity contribution >= 4 is 69.6 Å². The quantitative estimate of drug-likeness (QED) is 0.463. The number of benzene rings is 2. The first-order valence-corrected chi connectivity index (χ1v) is 12.3. The largest absolute Gasteiger partial charge is 0.368 e. The maximum atomic E-state index is 13.1. The van der Waals surface area contributed by atoms with E-state index in [0.29, 0.717) is 28.3 Å². The number of piperazine rings is 1. The van der Waals surface area contributed by atoms with E-state index in [1.54, 1.807) is 18.2 Å². The van der Waals surface area contributed by atoms with Crippen LogP contribution in [0.15, 0.2) is 42.6 Å². The van der Waals surface area contributed by atoms with E-state index in [1.165, 1.54) is 25.1 Å². The van der Waals surface area contributed by atoms with Crippen molar-refractivity contribution < 1.29 is 4.79 Å². The second-order valence-corrected chi connectivity index (χ2v) is 9.88. The monoisotopic (exact) mass is 517 g/mol. The molecule has 4 heterocycles. The van der Waals surface area contributed by atoms with Gasteiger partial charge in [-0.25, -0.2) is 4.79 Å². The summed E-state index contributed by atoms with van der Waals surface area (Å²) >= 11 is 12.1. The zero-order valence-electron chi connectivity index (χ0n) is 18.6. The third-order valence-corrected chi connectivity index (χ3v) is 7.90. The fourth-order valence-electron chi connectivity index (χ4n) is 5.48. The highest BCUT2D eigenvalue weighted by molar-refractivity contribution is 6.42. The number of pyridine rings is 1. The summed E-state index contributed by atoms with van der Waals surface area (Å²) in [5, 5.41) is 4.95. The van der Waals surface area contributed by atoms with Crippen LogP contribution in [-0.4, -0.2) is 54.7 Å². The summed E-state index contributed by atoms with van der Waals surface area (Å²) in [4.78, 5) is 24.7. The third-order valence-electron chi connectivity index (χ3n) is 7.16. The van der Waals surface area contributed by atoms with Crippen LogP contribution in [0, 0.1) is 0 Å². The van der Waals surface area contributed by atoms with Gasteiger partial charge in [-0.1, -0.05) is 23.2 Å². The summed E-state index contributed by atoms with van der Waals surface area (Å²) in [6.07, 6.45) is 5.30. The van der Waals surface area contributed by atoms with Crippen molar-refractivity contribution in [3.63, 3.8) is 0 Å². The fourth-order valence-corrected chi connectivity index (χ4v) is 5.77. The van der Waals surface area contributed by atoms with Gasteiger partial charge in [0, 0.05) is 60.9 Å². The van der Waals surface area contributed by atoms with Gasteiger partial charge in [-0.3, -0.25) is 14.8 Å². The van der Waals surface area contributed by atoms with E-state index >= 15 is 0 Å². The first kappa shape index (κ1) is 23.5. The van der Waals surface area contributed by atoms with Gasteiger partial charge in [-0.15, -0.1) is 12.4 Å². The predicted molar refractivity (Wildman–Crippen MR) is 142 cm³/mol. The van der Waals surface area contributed by atoms with Gasteiger partial charge in [0.05, 0.1) is 15.6 Å². The van der Waals surface area contributed by atoms with Crippen LogP contribution in [0.5, 0.6) is 0 Å². The molecule has 0 spiro atoms. The Bertz CT molecular complexity index is 1250. The summed E-state index contributed by atoms with van der Waals surface area (Å²) in [6, 6.07) is 12.0. The average Bonchev–Trinajstić information content (AvgIpc) is 3.45. The summed E-state index contributed by atoms with van der Waals surface area (Å²) < 4.78 is 0. The van der Waals surface area contributed by atoms with E-state index in [0.717, 1.165) is 48.2 Å². The van der Waals surface area contributed by atoms with Crippen molar-refractivity contribution in [3.8, 4) is 0 Å². The van der Waals surface area contributed by atoms with Crippen molar-refractivity contribution in [1.29, 1.82) is 0 Å². The molecule has 6 rings (SSSR count). The summed E-state index contributed by atoms with van der Waals surface area (Å²) in [6.45, 7) is 5.05. The van der Waals surface area contributed by atoms with E-state index < -0.39 is 0 Å². The van der Waals surface area contributed by atoms with Gasteiger partial charge < -0.3 is 10.2 Å². The lowest BCUT2D eigenvalue weighted by molar-refractivity contribution is 0.231. The molecule has 2 fully saturated rings. The summed E-state index contributed by atoms with van der Waals surface area (Å²) in [5.74, 6) is 0. The number of urea groups is 1. The van der Waals surface area contributed by atoms with Gasteiger partial charge in [-0.2, -0.15) is 0 Å². The zero-order chi connectivity index (χ0) is 22.5. The molecule has 1 N–H and O–H groups in total. The van der Waals surface area contributed by atoms with Gasteiger partial charge >= 0.3 is 6.03 Å². The van der Waals surface area contributed by atoms with E-state index in [-0.39, 0.29) is 18.4 Å². The second-order valence-electron chi connectivity index (χ2n) is 9.07. The number of nitrogens with one attached hydrogen (secondary N) is 1. The average molecular weight is 519 g/mol. The normalized spacial score (nSPS) is 19.6. The number of hydrogen-bond donors (Lipinski definition) is 1. The predicted octanol–water partition coefficient (Wildman–Crippen LogP) is 5.84. The topological polar surface area (TPSA) is 51.7 Å². The van der Waals surface area contributed by atoms with Crippen LogP contribution in [0.1, 0.15) is 18.4 Å². The van der Waals surface area contributed by atoms with Crippen LogP contribution in [0.3, 0.4) is 0 Å². The molecule has 9 heteroatoms. The molecule has 178 valence electrons. The Morgan fingerprint density at radius 1 is 1.00 bits per heavy atom. The van der Waals surface area contributed by atoms with Crippen molar-refractivity contribution in [2.75, 3.05) is 47.8 Å². The van der Waals surface area contributed by atoms with Gasteiger partial charge in [0.25, 0.3) is 0 Å². The second kappa shape index (κ2) is 9.42. The molecule has 2 aromatic carbocycles. The Labute approximate surface area is 215 Å². The molecule has 0 aliphatic carbocycles. The zero-order valence-corrected chi connectivity index (χ0v) is 21.0. The maximum absolute atomic E-state index is 13.1. The Kier molecular flexibility index (Phi) is 6.51. The molecule has 1 aromatic heterocycles. The lowest BCUT2D eigenvalue weighted by Gasteiger charge is -2.39. The van der Waals surface area contributed by atoms with Crippen LogP contribution < -0.4 is 15.1 Å². The number of carbonyl (C=O) groups is 1. The van der Waals surface area contributed by atoms with Gasteiger partial charge in [0.2, 0.25) is 0 Å². The molecule has 34 heavy (non-hydrogen) atoms. The van der Waals surface area contributed by atoms with Crippen LogP contribution in [0.25, 0.3) is 10.9 Å². The number of nitrogens with zero attached hydrogens (tertiary/aromatic N) is 4. The Morgan fingerprint density at radius 2 is 1.88 bits per heavy atom. The molecule has 3 aliphatic rings. The Hall–Kier alpha value is -2.25. The molecule has 2 saturated heterocycles. The van der Waals surface area contributed by atoms with Gasteiger partial charge in [0.15, 0.2) is 0 Å². The lowest BCUT2D eigenvalue weighted by Crippen LogP contribution is -2.50. The van der Waals surface area contributed by atoms with Crippen molar-refractivity contribution in [3.05, 3.63) is 58.2 Å². The molecular weight excluding hydrogens is 493 g/mol. The minimum atomic E-state index is -0.170. The molecule has 3 aromatic rings. The number of amides is 2. The van der Waals surface area contributed by atoms with E-state index in [4.69, 9.17) is 23.2 Å². The van der Waals surface area contributed by atoms with E-state index in [2.05, 4.69) is 38.3 Å². The van der Waals surface area contributed by atoms with Gasteiger partial charge in [-0.05, 0) is 67.8 Å². The molecular formula is C25H26Cl3N5O. The minimum absolute atomic E-state index is 0. The lowest BCUT2D eigenvalue weighted by atomic mass is 10.1. The molecule has 0 radical (unpaired) electrons. The van der Waals surface area contributed by atoms with Crippen molar-refractivity contribution in [1.82, 2.24) is 9.88 Å². The summed E-state index contributed by atoms with van der Waals surface area (Å²) in [7, 11) is 0. The number of fused-ring (bicyclic) bond motifs is 3. The van der Waals surface area contributed by atoms with E-state index in [1.807, 2.05) is 11.1 Å². The number of carbonyl (C=O) groups excluding carboxylic acids is 1. The number of hydrogen-bond acceptors (Lipinski definition) is 4. The number of anilines is 3. The van der Waals surface area contributed by atoms with Crippen LogP contribution >= 0.6 is 35.6 Å². The molecule has 0 unspecified atom stereocenters.